The molecule has 7 nitrogen and oxygen atoms in total. The molecule has 1 fully saturated rings. The number of unbranched alkanes of at least 4 members (excludes halogenated alkanes) is 1. The Kier molecular flexibility index (Phi) is 8.18. The summed E-state index contributed by atoms with van der Waals surface area (Å²) in [7, 11) is 0. The molecular formula is C26H33NO6. The second-order valence-corrected chi connectivity index (χ2v) is 8.80. The van der Waals surface area contributed by atoms with E-state index >= 15 is 0 Å². The summed E-state index contributed by atoms with van der Waals surface area (Å²) in [5, 5.41) is 9.54. The van der Waals surface area contributed by atoms with Gasteiger partial charge in [-0.05, 0) is 43.9 Å². The first kappa shape index (κ1) is 23.5. The molecule has 0 spiro atoms. The van der Waals surface area contributed by atoms with Crippen LogP contribution in [0.15, 0.2) is 51.6 Å². The summed E-state index contributed by atoms with van der Waals surface area (Å²) < 4.78 is 17.6. The lowest BCUT2D eigenvalue weighted by molar-refractivity contribution is -0.153. The normalized spacial score (nSPS) is 21.7. The number of aliphatic hydroxyl groups excluding tert-OH is 1. The number of hydrogen-bond donors (Lipinski definition) is 1. The molecule has 4 rings (SSSR count). The number of likely N-dealkylation sites (tertiary alicyclic amines) is 1. The lowest BCUT2D eigenvalue weighted by Crippen LogP contribution is -2.38. The first-order valence-corrected chi connectivity index (χ1v) is 12.1. The summed E-state index contributed by atoms with van der Waals surface area (Å²) in [5.41, 5.74) is 0.937. The molecule has 0 radical (unpaired) electrons. The van der Waals surface area contributed by atoms with Crippen LogP contribution in [-0.4, -0.2) is 48.5 Å². The Bertz CT molecular complexity index is 1020. The van der Waals surface area contributed by atoms with E-state index in [4.69, 9.17) is 19.0 Å². The number of para-hydroxylation sites is 1. The minimum atomic E-state index is -0.640. The van der Waals surface area contributed by atoms with E-state index in [-0.39, 0.29) is 29.6 Å². The molecule has 2 aliphatic rings. The van der Waals surface area contributed by atoms with Crippen molar-refractivity contribution in [3.63, 3.8) is 0 Å². The second-order valence-electron chi connectivity index (χ2n) is 8.80. The topological polar surface area (TPSA) is 89.2 Å². The standard InChI is InChI=1S/C26H33NO6/c28-14-8-9-15-31-24-17-19(21-18-32-22-11-5-4-10-20(22)25(21)29)16-23(33-24)26(30)27-12-6-2-1-3-7-13-27/h4-5,10-11,16,18-19,24,28H,1-3,6-9,12-15,17H2/t19-,24+/m0/s1. The Balaban J connectivity index is 1.60. The summed E-state index contributed by atoms with van der Waals surface area (Å²) in [6.45, 7) is 1.94. The number of amides is 1. The number of nitrogens with zero attached hydrogens (tertiary/aromatic N) is 1. The van der Waals surface area contributed by atoms with Crippen molar-refractivity contribution in [3.05, 3.63) is 58.2 Å². The fourth-order valence-corrected chi connectivity index (χ4v) is 4.51. The first-order valence-electron chi connectivity index (χ1n) is 12.1. The number of fused-ring (bicyclic) bond motifs is 1. The Morgan fingerprint density at radius 3 is 2.64 bits per heavy atom. The molecule has 1 saturated heterocycles. The fourth-order valence-electron chi connectivity index (χ4n) is 4.51. The zero-order valence-corrected chi connectivity index (χ0v) is 19.0. The summed E-state index contributed by atoms with van der Waals surface area (Å²) in [6, 6.07) is 7.16. The van der Waals surface area contributed by atoms with Crippen molar-refractivity contribution >= 4 is 16.9 Å². The van der Waals surface area contributed by atoms with Gasteiger partial charge >= 0.3 is 0 Å². The van der Waals surface area contributed by atoms with Crippen molar-refractivity contribution in [2.75, 3.05) is 26.3 Å². The molecule has 1 amide bonds. The number of benzene rings is 1. The lowest BCUT2D eigenvalue weighted by Gasteiger charge is -2.32. The Morgan fingerprint density at radius 1 is 1.09 bits per heavy atom. The first-order chi connectivity index (χ1) is 16.2. The molecule has 0 bridgehead atoms. The molecule has 0 saturated carbocycles. The van der Waals surface area contributed by atoms with Gasteiger partial charge in [-0.3, -0.25) is 9.59 Å². The maximum absolute atomic E-state index is 13.4. The highest BCUT2D eigenvalue weighted by Crippen LogP contribution is 2.32. The Hall–Kier alpha value is -2.64. The monoisotopic (exact) mass is 455 g/mol. The number of ether oxygens (including phenoxy) is 2. The Labute approximate surface area is 194 Å². The van der Waals surface area contributed by atoms with Gasteiger partial charge in [0.15, 0.2) is 11.2 Å². The van der Waals surface area contributed by atoms with Crippen LogP contribution in [0.25, 0.3) is 11.0 Å². The molecule has 0 aliphatic carbocycles. The van der Waals surface area contributed by atoms with E-state index in [9.17, 15) is 9.59 Å². The third kappa shape index (κ3) is 5.84. The third-order valence-electron chi connectivity index (χ3n) is 6.37. The molecule has 0 unspecified atom stereocenters. The van der Waals surface area contributed by atoms with Gasteiger partial charge in [0, 0.05) is 37.6 Å². The number of hydrogen-bond acceptors (Lipinski definition) is 6. The number of rotatable bonds is 7. The predicted molar refractivity (Wildman–Crippen MR) is 125 cm³/mol. The van der Waals surface area contributed by atoms with Gasteiger partial charge in [-0.25, -0.2) is 0 Å². The molecule has 1 aromatic carbocycles. The van der Waals surface area contributed by atoms with Gasteiger partial charge in [0.05, 0.1) is 18.3 Å². The van der Waals surface area contributed by atoms with Crippen LogP contribution >= 0.6 is 0 Å². The maximum Gasteiger partial charge on any atom is 0.288 e. The molecular weight excluding hydrogens is 422 g/mol. The quantitative estimate of drug-likeness (QED) is 0.633. The molecule has 178 valence electrons. The van der Waals surface area contributed by atoms with Crippen LogP contribution in [0.4, 0.5) is 0 Å². The van der Waals surface area contributed by atoms with E-state index in [1.54, 1.807) is 18.2 Å². The summed E-state index contributed by atoms with van der Waals surface area (Å²) in [4.78, 5) is 28.4. The number of carbonyl (C=O) groups is 1. The van der Waals surface area contributed by atoms with E-state index in [1.807, 2.05) is 17.0 Å². The molecule has 3 heterocycles. The van der Waals surface area contributed by atoms with Crippen LogP contribution in [-0.2, 0) is 14.3 Å². The smallest absolute Gasteiger partial charge is 0.288 e. The van der Waals surface area contributed by atoms with Gasteiger partial charge < -0.3 is 23.9 Å². The number of carbonyl (C=O) groups excluding carboxylic acids is 1. The molecule has 7 heteroatoms. The largest absolute Gasteiger partial charge is 0.464 e. The second kappa shape index (κ2) is 11.5. The summed E-state index contributed by atoms with van der Waals surface area (Å²) in [5.74, 6) is -0.251. The van der Waals surface area contributed by atoms with Gasteiger partial charge in [-0.15, -0.1) is 0 Å². The average Bonchev–Trinajstić information content (AvgIpc) is 2.81. The predicted octanol–water partition coefficient (Wildman–Crippen LogP) is 4.09. The average molecular weight is 456 g/mol. The zero-order chi connectivity index (χ0) is 23.0. The van der Waals surface area contributed by atoms with Gasteiger partial charge in [-0.1, -0.05) is 31.4 Å². The van der Waals surface area contributed by atoms with Gasteiger partial charge in [0.2, 0.25) is 6.29 Å². The van der Waals surface area contributed by atoms with Crippen LogP contribution in [0.1, 0.15) is 62.8 Å². The molecule has 33 heavy (non-hydrogen) atoms. The molecule has 2 atom stereocenters. The van der Waals surface area contributed by atoms with Crippen LogP contribution in [0.5, 0.6) is 0 Å². The molecule has 2 aliphatic heterocycles. The van der Waals surface area contributed by atoms with E-state index < -0.39 is 6.29 Å². The van der Waals surface area contributed by atoms with Crippen molar-refractivity contribution in [1.29, 1.82) is 0 Å². The molecule has 1 aromatic heterocycles. The summed E-state index contributed by atoms with van der Waals surface area (Å²) in [6.07, 6.45) is 9.80. The third-order valence-corrected chi connectivity index (χ3v) is 6.37. The van der Waals surface area contributed by atoms with Gasteiger partial charge in [-0.2, -0.15) is 0 Å². The number of aliphatic hydroxyl groups is 1. The van der Waals surface area contributed by atoms with Crippen LogP contribution in [0.2, 0.25) is 0 Å². The van der Waals surface area contributed by atoms with Gasteiger partial charge in [0.25, 0.3) is 5.91 Å². The van der Waals surface area contributed by atoms with E-state index in [0.29, 0.717) is 55.5 Å². The lowest BCUT2D eigenvalue weighted by atomic mass is 9.93. The highest BCUT2D eigenvalue weighted by Gasteiger charge is 2.32. The van der Waals surface area contributed by atoms with Crippen molar-refractivity contribution in [2.24, 2.45) is 0 Å². The van der Waals surface area contributed by atoms with E-state index in [2.05, 4.69) is 0 Å². The molecule has 2 aromatic rings. The SMILES string of the molecule is O=C(C1=C[C@H](c2coc3ccccc3c2=O)C[C@H](OCCCCO)O1)N1CCCCCCC1. The minimum Gasteiger partial charge on any atom is -0.464 e. The Morgan fingerprint density at radius 2 is 1.85 bits per heavy atom. The van der Waals surface area contributed by atoms with Crippen molar-refractivity contribution in [1.82, 2.24) is 4.90 Å². The minimum absolute atomic E-state index is 0.0999. The van der Waals surface area contributed by atoms with Crippen LogP contribution in [0.3, 0.4) is 0 Å². The highest BCUT2D eigenvalue weighted by molar-refractivity contribution is 5.91. The van der Waals surface area contributed by atoms with Crippen molar-refractivity contribution < 1.29 is 23.8 Å². The van der Waals surface area contributed by atoms with Crippen LogP contribution < -0.4 is 5.43 Å². The van der Waals surface area contributed by atoms with Crippen molar-refractivity contribution in [3.8, 4) is 0 Å². The molecule has 1 N–H and O–H groups in total. The maximum atomic E-state index is 13.4. The van der Waals surface area contributed by atoms with E-state index in [0.717, 1.165) is 25.7 Å². The fraction of sp³-hybridized carbons (Fsp3) is 0.538. The zero-order valence-electron chi connectivity index (χ0n) is 19.0. The summed E-state index contributed by atoms with van der Waals surface area (Å²) >= 11 is 0. The van der Waals surface area contributed by atoms with Crippen LogP contribution in [0, 0.1) is 0 Å². The van der Waals surface area contributed by atoms with Gasteiger partial charge in [0.1, 0.15) is 5.58 Å². The highest BCUT2D eigenvalue weighted by atomic mass is 16.7. The van der Waals surface area contributed by atoms with E-state index in [1.165, 1.54) is 12.7 Å². The number of allylic oxidation sites excluding steroid dienone is 1. The van der Waals surface area contributed by atoms with Crippen molar-refractivity contribution in [2.45, 2.75) is 63.6 Å².